The molecule has 1 unspecified atom stereocenters. The molecule has 0 radical (unpaired) electrons. The Hall–Kier alpha value is -3.22. The fourth-order valence-corrected chi connectivity index (χ4v) is 4.55. The highest BCUT2D eigenvalue weighted by molar-refractivity contribution is 6.24. The average molecular weight is 468 g/mol. The van der Waals surface area contributed by atoms with Crippen molar-refractivity contribution in [3.05, 3.63) is 58.5 Å². The van der Waals surface area contributed by atoms with Crippen LogP contribution in [0.4, 0.5) is 0 Å². The summed E-state index contributed by atoms with van der Waals surface area (Å²) in [4.78, 5) is 51.9. The Labute approximate surface area is 200 Å². The number of aliphatic carboxylic acids is 1. The van der Waals surface area contributed by atoms with Crippen molar-refractivity contribution >= 4 is 23.5 Å². The van der Waals surface area contributed by atoms with Crippen LogP contribution in [0.2, 0.25) is 0 Å². The predicted molar refractivity (Wildman–Crippen MR) is 128 cm³/mol. The first-order chi connectivity index (χ1) is 16.2. The maximum Gasteiger partial charge on any atom is 0.343 e. The summed E-state index contributed by atoms with van der Waals surface area (Å²) in [6.45, 7) is 5.96. The van der Waals surface area contributed by atoms with Gasteiger partial charge < -0.3 is 14.7 Å². The number of ketones is 2. The number of fused-ring (bicyclic) bond motifs is 2. The van der Waals surface area contributed by atoms with Crippen molar-refractivity contribution in [3.8, 4) is 0 Å². The van der Waals surface area contributed by atoms with Gasteiger partial charge in [0.15, 0.2) is 11.4 Å². The quantitative estimate of drug-likeness (QED) is 0.255. The second kappa shape index (κ2) is 10.8. The van der Waals surface area contributed by atoms with Gasteiger partial charge in [0, 0.05) is 42.4 Å². The highest BCUT2D eigenvalue weighted by atomic mass is 16.6. The van der Waals surface area contributed by atoms with Crippen LogP contribution >= 0.6 is 0 Å². The number of hydrogen-bond acceptors (Lipinski definition) is 6. The number of carboxylic acids is 1. The molecule has 0 fully saturated rings. The molecule has 0 aromatic heterocycles. The molecule has 1 N–H and O–H groups in total. The summed E-state index contributed by atoms with van der Waals surface area (Å²) in [6.07, 6.45) is 14.6. The zero-order valence-corrected chi connectivity index (χ0v) is 20.2. The Balaban J connectivity index is 1.93. The normalized spacial score (nSPS) is 21.7. The lowest BCUT2D eigenvalue weighted by Crippen LogP contribution is -2.42. The first kappa shape index (κ1) is 25.4. The number of carbonyl (C=O) groups excluding carboxylic acids is 3. The van der Waals surface area contributed by atoms with E-state index in [1.165, 1.54) is 6.92 Å². The van der Waals surface area contributed by atoms with E-state index >= 15 is 0 Å². The second-order valence-corrected chi connectivity index (χ2v) is 9.03. The molecule has 2 heterocycles. The molecule has 0 aromatic rings. The molecule has 0 saturated heterocycles. The fraction of sp³-hybridized carbons (Fsp3) is 0.481. The Morgan fingerprint density at radius 2 is 1.82 bits per heavy atom. The van der Waals surface area contributed by atoms with Crippen LogP contribution in [0.3, 0.4) is 0 Å². The third kappa shape index (κ3) is 5.13. The van der Waals surface area contributed by atoms with E-state index in [1.807, 2.05) is 30.1 Å². The number of hydrogen-bond donors (Lipinski definition) is 1. The Bertz CT molecular complexity index is 1040. The maximum atomic E-state index is 13.5. The van der Waals surface area contributed by atoms with Gasteiger partial charge in [0.1, 0.15) is 5.57 Å². The molecule has 0 amide bonds. The van der Waals surface area contributed by atoms with E-state index in [0.717, 1.165) is 31.4 Å². The minimum atomic E-state index is -1.53. The molecule has 1 atom stereocenters. The number of esters is 1. The summed E-state index contributed by atoms with van der Waals surface area (Å²) >= 11 is 0. The highest BCUT2D eigenvalue weighted by Gasteiger charge is 2.54. The van der Waals surface area contributed by atoms with Gasteiger partial charge in [-0.1, -0.05) is 38.7 Å². The van der Waals surface area contributed by atoms with E-state index in [2.05, 4.69) is 6.92 Å². The van der Waals surface area contributed by atoms with Gasteiger partial charge in [0.05, 0.1) is 0 Å². The molecular weight excluding hydrogens is 434 g/mol. The first-order valence-corrected chi connectivity index (χ1v) is 12.1. The van der Waals surface area contributed by atoms with Gasteiger partial charge in [-0.25, -0.2) is 4.79 Å². The third-order valence-corrected chi connectivity index (χ3v) is 6.41. The molecule has 0 spiro atoms. The number of carboxylic acid groups (broad SMARTS) is 1. The van der Waals surface area contributed by atoms with Crippen LogP contribution in [0.5, 0.6) is 0 Å². The summed E-state index contributed by atoms with van der Waals surface area (Å²) < 4.78 is 5.52. The van der Waals surface area contributed by atoms with E-state index < -0.39 is 17.5 Å². The zero-order valence-electron chi connectivity index (χ0n) is 20.2. The lowest BCUT2D eigenvalue weighted by Gasteiger charge is -2.34. The lowest BCUT2D eigenvalue weighted by molar-refractivity contribution is -0.153. The zero-order chi connectivity index (χ0) is 24.9. The number of unbranched alkanes of at least 4 members (excludes halogenated alkanes) is 4. The topological polar surface area (TPSA) is 101 Å². The lowest BCUT2D eigenvalue weighted by atomic mass is 9.76. The molecule has 182 valence electrons. The summed E-state index contributed by atoms with van der Waals surface area (Å²) in [5.41, 5.74) is 0.598. The van der Waals surface area contributed by atoms with Crippen molar-refractivity contribution in [2.24, 2.45) is 0 Å². The number of rotatable bonds is 12. The van der Waals surface area contributed by atoms with Crippen LogP contribution < -0.4 is 0 Å². The number of ether oxygens (including phenoxy) is 1. The van der Waals surface area contributed by atoms with Crippen molar-refractivity contribution in [2.75, 3.05) is 6.54 Å². The molecule has 7 heteroatoms. The van der Waals surface area contributed by atoms with E-state index in [9.17, 15) is 19.2 Å². The first-order valence-electron chi connectivity index (χ1n) is 12.1. The van der Waals surface area contributed by atoms with Gasteiger partial charge in [-0.3, -0.25) is 14.4 Å². The fourth-order valence-electron chi connectivity index (χ4n) is 4.55. The van der Waals surface area contributed by atoms with Gasteiger partial charge in [-0.05, 0) is 50.5 Å². The molecule has 2 aliphatic heterocycles. The number of carbonyl (C=O) groups is 4. The SMILES string of the molecule is CC=CC1=CC2=CC3=C(C(=O)CCCCCCC)C(=O)OC3(C)C(=O)C2=CN1CCCC(=O)O. The van der Waals surface area contributed by atoms with Crippen molar-refractivity contribution in [3.63, 3.8) is 0 Å². The molecule has 1 aliphatic carbocycles. The summed E-state index contributed by atoms with van der Waals surface area (Å²) in [6, 6.07) is 0. The van der Waals surface area contributed by atoms with Crippen molar-refractivity contribution < 1.29 is 29.0 Å². The highest BCUT2D eigenvalue weighted by Crippen LogP contribution is 2.44. The van der Waals surface area contributed by atoms with Crippen molar-refractivity contribution in [2.45, 2.75) is 77.7 Å². The van der Waals surface area contributed by atoms with E-state index in [1.54, 1.807) is 12.3 Å². The Morgan fingerprint density at radius 1 is 1.09 bits per heavy atom. The van der Waals surface area contributed by atoms with Gasteiger partial charge in [0.2, 0.25) is 5.78 Å². The minimum absolute atomic E-state index is 0.0113. The van der Waals surface area contributed by atoms with Crippen LogP contribution in [0.1, 0.15) is 72.1 Å². The van der Waals surface area contributed by atoms with Gasteiger partial charge in [-0.15, -0.1) is 0 Å². The third-order valence-electron chi connectivity index (χ3n) is 6.41. The van der Waals surface area contributed by atoms with E-state index in [-0.39, 0.29) is 30.0 Å². The largest absolute Gasteiger partial charge is 0.481 e. The monoisotopic (exact) mass is 467 g/mol. The standard InChI is InChI=1S/C27H33NO6/c1-4-6-7-8-9-12-22(29)24-21-16-18-15-19(11-5-2)28(14-10-13-23(30)31)17-20(18)25(32)27(21,3)34-26(24)33/h5,11,15-17H,4,6-10,12-14H2,1-3H3,(H,30,31). The van der Waals surface area contributed by atoms with E-state index in [0.29, 0.717) is 36.1 Å². The number of Topliss-reactive ketones (excluding diaryl/α,β-unsaturated/α-hetero) is 2. The summed E-state index contributed by atoms with van der Waals surface area (Å²) in [5.74, 6) is -2.27. The molecule has 3 aliphatic rings. The molecule has 0 bridgehead atoms. The number of allylic oxidation sites excluding steroid dienone is 4. The Morgan fingerprint density at radius 3 is 2.50 bits per heavy atom. The second-order valence-electron chi connectivity index (χ2n) is 9.03. The Kier molecular flexibility index (Phi) is 8.07. The van der Waals surface area contributed by atoms with Gasteiger partial charge >= 0.3 is 11.9 Å². The van der Waals surface area contributed by atoms with Crippen LogP contribution in [-0.2, 0) is 23.9 Å². The van der Waals surface area contributed by atoms with Crippen molar-refractivity contribution in [1.29, 1.82) is 0 Å². The predicted octanol–water partition coefficient (Wildman–Crippen LogP) is 4.56. The molecule has 7 nitrogen and oxygen atoms in total. The molecule has 3 rings (SSSR count). The minimum Gasteiger partial charge on any atom is -0.481 e. The number of nitrogens with zero attached hydrogens (tertiary/aromatic N) is 1. The van der Waals surface area contributed by atoms with Crippen LogP contribution in [0, 0.1) is 0 Å². The molecule has 34 heavy (non-hydrogen) atoms. The molecule has 0 saturated carbocycles. The van der Waals surface area contributed by atoms with E-state index in [4.69, 9.17) is 9.84 Å². The van der Waals surface area contributed by atoms with Crippen LogP contribution in [-0.4, -0.2) is 45.7 Å². The van der Waals surface area contributed by atoms with Crippen LogP contribution in [0.15, 0.2) is 58.5 Å². The molecule has 0 aromatic carbocycles. The average Bonchev–Trinajstić information content (AvgIpc) is 3.05. The smallest absolute Gasteiger partial charge is 0.343 e. The van der Waals surface area contributed by atoms with Crippen molar-refractivity contribution in [1.82, 2.24) is 4.90 Å². The summed E-state index contributed by atoms with van der Waals surface area (Å²) in [5, 5.41) is 8.96. The van der Waals surface area contributed by atoms with Gasteiger partial charge in [-0.2, -0.15) is 0 Å². The maximum absolute atomic E-state index is 13.5. The molecular formula is C27H33NO6. The van der Waals surface area contributed by atoms with Crippen LogP contribution in [0.25, 0.3) is 0 Å². The van der Waals surface area contributed by atoms with Gasteiger partial charge in [0.25, 0.3) is 0 Å². The summed E-state index contributed by atoms with van der Waals surface area (Å²) in [7, 11) is 0.